The molecule has 0 aliphatic heterocycles. The third kappa shape index (κ3) is 3.81. The molecule has 1 N–H and O–H groups in total. The number of anilines is 1. The van der Waals surface area contributed by atoms with Gasteiger partial charge >= 0.3 is 6.61 Å². The van der Waals surface area contributed by atoms with Gasteiger partial charge in [0, 0.05) is 23.7 Å². The second-order valence-electron chi connectivity index (χ2n) is 7.34. The van der Waals surface area contributed by atoms with Crippen molar-refractivity contribution in [1.29, 1.82) is 0 Å². The van der Waals surface area contributed by atoms with Gasteiger partial charge in [0.05, 0.1) is 7.11 Å². The molecule has 2 heterocycles. The highest BCUT2D eigenvalue weighted by molar-refractivity contribution is 5.48. The molecule has 4 rings (SSSR count). The number of hydrogen-bond acceptors (Lipinski definition) is 6. The summed E-state index contributed by atoms with van der Waals surface area (Å²) in [6, 6.07) is 7.17. The van der Waals surface area contributed by atoms with E-state index in [1.54, 1.807) is 10.6 Å². The lowest BCUT2D eigenvalue weighted by Crippen LogP contribution is -2.32. The molecule has 2 aromatic heterocycles. The molecule has 0 amide bonds. The SMILES string of the molecule is COc1cc(C2(CNc3cc(C)nc4ncnn34)CCCC2)ccc1OC(F)F. The summed E-state index contributed by atoms with van der Waals surface area (Å²) < 4.78 is 36.9. The van der Waals surface area contributed by atoms with Crippen molar-refractivity contribution in [2.45, 2.75) is 44.6 Å². The van der Waals surface area contributed by atoms with Crippen LogP contribution >= 0.6 is 0 Å². The van der Waals surface area contributed by atoms with Crippen LogP contribution in [-0.2, 0) is 5.41 Å². The highest BCUT2D eigenvalue weighted by Crippen LogP contribution is 2.44. The minimum absolute atomic E-state index is 0.0430. The highest BCUT2D eigenvalue weighted by atomic mass is 19.3. The average molecular weight is 403 g/mol. The van der Waals surface area contributed by atoms with E-state index >= 15 is 0 Å². The van der Waals surface area contributed by atoms with Gasteiger partial charge < -0.3 is 14.8 Å². The zero-order valence-electron chi connectivity index (χ0n) is 16.4. The van der Waals surface area contributed by atoms with Crippen molar-refractivity contribution in [3.63, 3.8) is 0 Å². The average Bonchev–Trinajstić information content (AvgIpc) is 3.36. The Hall–Kier alpha value is -2.97. The molecule has 1 aromatic carbocycles. The maximum atomic E-state index is 12.6. The Morgan fingerprint density at radius 3 is 2.72 bits per heavy atom. The zero-order valence-corrected chi connectivity index (χ0v) is 16.4. The van der Waals surface area contributed by atoms with Crippen molar-refractivity contribution in [3.8, 4) is 11.5 Å². The number of rotatable bonds is 7. The zero-order chi connectivity index (χ0) is 20.4. The van der Waals surface area contributed by atoms with Gasteiger partial charge in [-0.05, 0) is 37.5 Å². The Balaban J connectivity index is 1.63. The van der Waals surface area contributed by atoms with E-state index < -0.39 is 6.61 Å². The monoisotopic (exact) mass is 403 g/mol. The number of benzene rings is 1. The fraction of sp³-hybridized carbons (Fsp3) is 0.450. The van der Waals surface area contributed by atoms with E-state index in [0.29, 0.717) is 18.1 Å². The first kappa shape index (κ1) is 19.4. The molecule has 1 fully saturated rings. The number of halogens is 2. The second-order valence-corrected chi connectivity index (χ2v) is 7.34. The van der Waals surface area contributed by atoms with Gasteiger partial charge in [-0.15, -0.1) is 0 Å². The van der Waals surface area contributed by atoms with E-state index in [-0.39, 0.29) is 11.2 Å². The molecule has 1 aliphatic rings. The second kappa shape index (κ2) is 7.81. The van der Waals surface area contributed by atoms with Gasteiger partial charge in [-0.1, -0.05) is 18.9 Å². The fourth-order valence-electron chi connectivity index (χ4n) is 4.13. The number of hydrogen-bond donors (Lipinski definition) is 1. The third-order valence-corrected chi connectivity index (χ3v) is 5.54. The normalized spacial score (nSPS) is 15.8. The molecule has 0 saturated heterocycles. The smallest absolute Gasteiger partial charge is 0.387 e. The van der Waals surface area contributed by atoms with E-state index in [1.807, 2.05) is 25.1 Å². The standard InChI is InChI=1S/C20H23F2N5O2/c1-13-9-17(27-19(26-13)24-12-25-27)23-11-20(7-3-4-8-20)14-5-6-15(29-18(21)22)16(10-14)28-2/h5-6,9-10,12,18,23H,3-4,7-8,11H2,1-2H3. The Bertz CT molecular complexity index is 1000. The minimum Gasteiger partial charge on any atom is -0.493 e. The Labute approximate surface area is 167 Å². The first-order chi connectivity index (χ1) is 14.0. The predicted octanol–water partition coefficient (Wildman–Crippen LogP) is 3.97. The van der Waals surface area contributed by atoms with Crippen LogP contribution in [0.25, 0.3) is 5.78 Å². The molecular formula is C20H23F2N5O2. The minimum atomic E-state index is -2.89. The summed E-state index contributed by atoms with van der Waals surface area (Å²) in [7, 11) is 1.46. The molecule has 0 bridgehead atoms. The van der Waals surface area contributed by atoms with Crippen molar-refractivity contribution in [2.75, 3.05) is 19.0 Å². The molecule has 1 aliphatic carbocycles. The highest BCUT2D eigenvalue weighted by Gasteiger charge is 2.36. The Kier molecular flexibility index (Phi) is 5.21. The maximum Gasteiger partial charge on any atom is 0.387 e. The van der Waals surface area contributed by atoms with Gasteiger partial charge in [-0.3, -0.25) is 0 Å². The van der Waals surface area contributed by atoms with Crippen molar-refractivity contribution >= 4 is 11.6 Å². The Morgan fingerprint density at radius 1 is 1.21 bits per heavy atom. The third-order valence-electron chi connectivity index (χ3n) is 5.54. The predicted molar refractivity (Wildman–Crippen MR) is 104 cm³/mol. The molecule has 0 spiro atoms. The van der Waals surface area contributed by atoms with E-state index in [1.165, 1.54) is 13.4 Å². The van der Waals surface area contributed by atoms with Crippen molar-refractivity contribution < 1.29 is 18.3 Å². The quantitative estimate of drug-likeness (QED) is 0.644. The summed E-state index contributed by atoms with van der Waals surface area (Å²) >= 11 is 0. The molecule has 0 radical (unpaired) electrons. The summed E-state index contributed by atoms with van der Waals surface area (Å²) in [6.45, 7) is -0.307. The Morgan fingerprint density at radius 2 is 2.00 bits per heavy atom. The lowest BCUT2D eigenvalue weighted by atomic mass is 9.78. The number of aromatic nitrogens is 4. The number of aryl methyl sites for hydroxylation is 1. The molecule has 0 unspecified atom stereocenters. The summed E-state index contributed by atoms with van der Waals surface area (Å²) in [5.74, 6) is 1.72. The maximum absolute atomic E-state index is 12.6. The molecular weight excluding hydrogens is 380 g/mol. The lowest BCUT2D eigenvalue weighted by Gasteiger charge is -2.31. The number of methoxy groups -OCH3 is 1. The molecule has 7 nitrogen and oxygen atoms in total. The first-order valence-corrected chi connectivity index (χ1v) is 9.55. The van der Waals surface area contributed by atoms with Crippen LogP contribution in [0.2, 0.25) is 0 Å². The first-order valence-electron chi connectivity index (χ1n) is 9.55. The number of ether oxygens (including phenoxy) is 2. The summed E-state index contributed by atoms with van der Waals surface area (Å²) in [5.41, 5.74) is 1.76. The van der Waals surface area contributed by atoms with Crippen LogP contribution < -0.4 is 14.8 Å². The van der Waals surface area contributed by atoms with Crippen LogP contribution in [0.5, 0.6) is 11.5 Å². The molecule has 9 heteroatoms. The number of nitrogens with one attached hydrogen (secondary N) is 1. The molecule has 154 valence electrons. The van der Waals surface area contributed by atoms with Gasteiger partial charge in [0.2, 0.25) is 0 Å². The van der Waals surface area contributed by atoms with Crippen molar-refractivity contribution in [3.05, 3.63) is 41.9 Å². The van der Waals surface area contributed by atoms with Gasteiger partial charge in [-0.2, -0.15) is 23.4 Å². The fourth-order valence-corrected chi connectivity index (χ4v) is 4.13. The van der Waals surface area contributed by atoms with Crippen molar-refractivity contribution in [1.82, 2.24) is 19.6 Å². The number of alkyl halides is 2. The van der Waals surface area contributed by atoms with E-state index in [9.17, 15) is 8.78 Å². The van der Waals surface area contributed by atoms with E-state index in [0.717, 1.165) is 42.8 Å². The molecule has 29 heavy (non-hydrogen) atoms. The summed E-state index contributed by atoms with van der Waals surface area (Å²) in [5, 5.41) is 7.75. The van der Waals surface area contributed by atoms with Gasteiger partial charge in [-0.25, -0.2) is 4.98 Å². The van der Waals surface area contributed by atoms with Crippen LogP contribution in [-0.4, -0.2) is 39.8 Å². The van der Waals surface area contributed by atoms with Crippen molar-refractivity contribution in [2.24, 2.45) is 0 Å². The van der Waals surface area contributed by atoms with Crippen LogP contribution in [0.15, 0.2) is 30.6 Å². The lowest BCUT2D eigenvalue weighted by molar-refractivity contribution is -0.0512. The van der Waals surface area contributed by atoms with Crippen LogP contribution in [0, 0.1) is 6.92 Å². The van der Waals surface area contributed by atoms with Gasteiger partial charge in [0.15, 0.2) is 11.5 Å². The molecule has 1 saturated carbocycles. The number of fused-ring (bicyclic) bond motifs is 1. The van der Waals surface area contributed by atoms with Crippen LogP contribution in [0.1, 0.15) is 36.9 Å². The summed E-state index contributed by atoms with van der Waals surface area (Å²) in [6.07, 6.45) is 5.66. The molecule has 3 aromatic rings. The van der Waals surface area contributed by atoms with Crippen LogP contribution in [0.4, 0.5) is 14.6 Å². The van der Waals surface area contributed by atoms with E-state index in [4.69, 9.17) is 4.74 Å². The van der Waals surface area contributed by atoms with Gasteiger partial charge in [0.25, 0.3) is 5.78 Å². The molecule has 0 atom stereocenters. The number of nitrogens with zero attached hydrogens (tertiary/aromatic N) is 4. The summed E-state index contributed by atoms with van der Waals surface area (Å²) in [4.78, 5) is 8.53. The van der Waals surface area contributed by atoms with Gasteiger partial charge in [0.1, 0.15) is 12.1 Å². The topological polar surface area (TPSA) is 73.6 Å². The largest absolute Gasteiger partial charge is 0.493 e. The van der Waals surface area contributed by atoms with Crippen LogP contribution in [0.3, 0.4) is 0 Å². The van der Waals surface area contributed by atoms with E-state index in [2.05, 4.69) is 25.1 Å².